The molecule has 0 bridgehead atoms. The van der Waals surface area contributed by atoms with E-state index in [1.807, 2.05) is 13.8 Å². The molecular formula is C13H16FNO4. The van der Waals surface area contributed by atoms with Gasteiger partial charge in [0.2, 0.25) is 0 Å². The Kier molecular flexibility index (Phi) is 5.29. The number of aromatic carboxylic acids is 1. The second-order valence-electron chi connectivity index (χ2n) is 4.43. The normalized spacial score (nSPS) is 10.3. The summed E-state index contributed by atoms with van der Waals surface area (Å²) in [7, 11) is 0. The zero-order chi connectivity index (χ0) is 14.4. The van der Waals surface area contributed by atoms with E-state index in [9.17, 15) is 14.0 Å². The van der Waals surface area contributed by atoms with Gasteiger partial charge in [0.25, 0.3) is 5.91 Å². The van der Waals surface area contributed by atoms with E-state index in [1.54, 1.807) is 0 Å². The average molecular weight is 269 g/mol. The Balaban J connectivity index is 2.64. The quantitative estimate of drug-likeness (QED) is 0.823. The summed E-state index contributed by atoms with van der Waals surface area (Å²) in [4.78, 5) is 22.3. The minimum atomic E-state index is -1.24. The molecule has 19 heavy (non-hydrogen) atoms. The lowest BCUT2D eigenvalue weighted by Crippen LogP contribution is -2.31. The fraction of sp³-hybridized carbons (Fsp3) is 0.385. The maximum atomic E-state index is 13.0. The van der Waals surface area contributed by atoms with E-state index in [-0.39, 0.29) is 23.8 Å². The van der Waals surface area contributed by atoms with Gasteiger partial charge in [0.15, 0.2) is 6.61 Å². The van der Waals surface area contributed by atoms with Crippen molar-refractivity contribution in [2.45, 2.75) is 13.8 Å². The molecule has 1 rings (SSSR count). The van der Waals surface area contributed by atoms with Gasteiger partial charge in [-0.25, -0.2) is 9.18 Å². The third-order valence-electron chi connectivity index (χ3n) is 2.24. The fourth-order valence-electron chi connectivity index (χ4n) is 1.30. The molecule has 0 heterocycles. The lowest BCUT2D eigenvalue weighted by Gasteiger charge is -2.10. The number of amides is 1. The van der Waals surface area contributed by atoms with Crippen molar-refractivity contribution in [3.63, 3.8) is 0 Å². The number of benzene rings is 1. The molecule has 0 atom stereocenters. The number of hydrogen-bond acceptors (Lipinski definition) is 3. The summed E-state index contributed by atoms with van der Waals surface area (Å²) in [6, 6.07) is 3.06. The van der Waals surface area contributed by atoms with E-state index in [0.29, 0.717) is 12.5 Å². The molecule has 5 nitrogen and oxygen atoms in total. The van der Waals surface area contributed by atoms with Crippen molar-refractivity contribution in [2.75, 3.05) is 13.2 Å². The second-order valence-corrected chi connectivity index (χ2v) is 4.43. The summed E-state index contributed by atoms with van der Waals surface area (Å²) in [6.45, 7) is 4.03. The highest BCUT2D eigenvalue weighted by Crippen LogP contribution is 2.19. The van der Waals surface area contributed by atoms with Crippen molar-refractivity contribution in [3.05, 3.63) is 29.6 Å². The van der Waals surface area contributed by atoms with Gasteiger partial charge in [-0.3, -0.25) is 4.79 Å². The number of rotatable bonds is 6. The van der Waals surface area contributed by atoms with Crippen molar-refractivity contribution in [1.29, 1.82) is 0 Å². The van der Waals surface area contributed by atoms with Crippen LogP contribution in [0.5, 0.6) is 5.75 Å². The largest absolute Gasteiger partial charge is 0.483 e. The molecule has 2 N–H and O–H groups in total. The van der Waals surface area contributed by atoms with E-state index in [1.165, 1.54) is 0 Å². The molecule has 1 aromatic carbocycles. The zero-order valence-electron chi connectivity index (χ0n) is 10.8. The Bertz CT molecular complexity index is 474. The van der Waals surface area contributed by atoms with Crippen LogP contribution in [0.1, 0.15) is 24.2 Å². The van der Waals surface area contributed by atoms with Crippen molar-refractivity contribution in [1.82, 2.24) is 5.32 Å². The highest BCUT2D eigenvalue weighted by atomic mass is 19.1. The number of nitrogens with one attached hydrogen (secondary N) is 1. The molecule has 0 saturated heterocycles. The van der Waals surface area contributed by atoms with Crippen LogP contribution < -0.4 is 10.1 Å². The summed E-state index contributed by atoms with van der Waals surface area (Å²) in [6.07, 6.45) is 0. The predicted molar refractivity (Wildman–Crippen MR) is 66.7 cm³/mol. The van der Waals surface area contributed by atoms with Crippen LogP contribution in [-0.2, 0) is 4.79 Å². The van der Waals surface area contributed by atoms with Crippen molar-refractivity contribution in [2.24, 2.45) is 5.92 Å². The molecule has 0 aliphatic rings. The number of carboxylic acids is 1. The number of halogens is 1. The Morgan fingerprint density at radius 3 is 2.68 bits per heavy atom. The van der Waals surface area contributed by atoms with Gasteiger partial charge in [-0.15, -0.1) is 0 Å². The monoisotopic (exact) mass is 269 g/mol. The van der Waals surface area contributed by atoms with E-state index in [0.717, 1.165) is 18.2 Å². The maximum absolute atomic E-state index is 13.0. The Morgan fingerprint density at radius 1 is 1.42 bits per heavy atom. The predicted octanol–water partition coefficient (Wildman–Crippen LogP) is 1.67. The number of carbonyl (C=O) groups excluding carboxylic acids is 1. The summed E-state index contributed by atoms with van der Waals surface area (Å²) in [5.41, 5.74) is -0.182. The van der Waals surface area contributed by atoms with Crippen LogP contribution in [0.4, 0.5) is 4.39 Å². The van der Waals surface area contributed by atoms with Crippen LogP contribution in [0.2, 0.25) is 0 Å². The Hall–Kier alpha value is -2.11. The van der Waals surface area contributed by atoms with Gasteiger partial charge in [-0.2, -0.15) is 0 Å². The first-order valence-electron chi connectivity index (χ1n) is 5.82. The number of hydrogen-bond donors (Lipinski definition) is 2. The summed E-state index contributed by atoms with van der Waals surface area (Å²) in [5.74, 6) is -2.10. The van der Waals surface area contributed by atoms with E-state index in [2.05, 4.69) is 5.32 Å². The first-order chi connectivity index (χ1) is 8.90. The first kappa shape index (κ1) is 14.9. The lowest BCUT2D eigenvalue weighted by atomic mass is 10.2. The van der Waals surface area contributed by atoms with Crippen LogP contribution in [0.25, 0.3) is 0 Å². The van der Waals surface area contributed by atoms with Gasteiger partial charge in [0, 0.05) is 12.6 Å². The standard InChI is InChI=1S/C13H16FNO4/c1-8(2)6-15-12(16)7-19-11-5-9(14)3-4-10(11)13(17)18/h3-5,8H,6-7H2,1-2H3,(H,15,16)(H,17,18). The highest BCUT2D eigenvalue weighted by Gasteiger charge is 2.13. The Labute approximate surface area is 110 Å². The van der Waals surface area contributed by atoms with Crippen LogP contribution in [-0.4, -0.2) is 30.1 Å². The molecule has 0 fully saturated rings. The molecule has 0 aliphatic carbocycles. The molecule has 0 aliphatic heterocycles. The zero-order valence-corrected chi connectivity index (χ0v) is 10.8. The second kappa shape index (κ2) is 6.72. The molecule has 0 saturated carbocycles. The third kappa shape index (κ3) is 4.95. The van der Waals surface area contributed by atoms with Gasteiger partial charge in [0.1, 0.15) is 17.1 Å². The minimum Gasteiger partial charge on any atom is -0.483 e. The van der Waals surface area contributed by atoms with Gasteiger partial charge in [-0.05, 0) is 18.1 Å². The SMILES string of the molecule is CC(C)CNC(=O)COc1cc(F)ccc1C(=O)O. The van der Waals surface area contributed by atoms with Gasteiger partial charge >= 0.3 is 5.97 Å². The van der Waals surface area contributed by atoms with Gasteiger partial charge < -0.3 is 15.2 Å². The van der Waals surface area contributed by atoms with E-state index < -0.39 is 11.8 Å². The van der Waals surface area contributed by atoms with Crippen LogP contribution in [0.15, 0.2) is 18.2 Å². The van der Waals surface area contributed by atoms with Crippen molar-refractivity contribution < 1.29 is 23.8 Å². The van der Waals surface area contributed by atoms with E-state index >= 15 is 0 Å². The molecule has 6 heteroatoms. The molecule has 104 valence electrons. The number of carbonyl (C=O) groups is 2. The van der Waals surface area contributed by atoms with Crippen LogP contribution in [0.3, 0.4) is 0 Å². The van der Waals surface area contributed by atoms with E-state index in [4.69, 9.17) is 9.84 Å². The molecule has 0 aromatic heterocycles. The third-order valence-corrected chi connectivity index (χ3v) is 2.24. The molecular weight excluding hydrogens is 253 g/mol. The summed E-state index contributed by atoms with van der Waals surface area (Å²) in [5, 5.41) is 11.5. The average Bonchev–Trinajstić information content (AvgIpc) is 2.33. The summed E-state index contributed by atoms with van der Waals surface area (Å²) >= 11 is 0. The Morgan fingerprint density at radius 2 is 2.11 bits per heavy atom. The van der Waals surface area contributed by atoms with Crippen LogP contribution in [0, 0.1) is 11.7 Å². The molecule has 1 amide bonds. The van der Waals surface area contributed by atoms with Crippen molar-refractivity contribution in [3.8, 4) is 5.75 Å². The van der Waals surface area contributed by atoms with Gasteiger partial charge in [0.05, 0.1) is 0 Å². The van der Waals surface area contributed by atoms with Crippen molar-refractivity contribution >= 4 is 11.9 Å². The first-order valence-corrected chi connectivity index (χ1v) is 5.82. The fourth-order valence-corrected chi connectivity index (χ4v) is 1.30. The van der Waals surface area contributed by atoms with Crippen LogP contribution >= 0.6 is 0 Å². The lowest BCUT2D eigenvalue weighted by molar-refractivity contribution is -0.123. The molecule has 1 aromatic rings. The smallest absolute Gasteiger partial charge is 0.339 e. The highest BCUT2D eigenvalue weighted by molar-refractivity contribution is 5.91. The molecule has 0 spiro atoms. The number of carboxylic acid groups (broad SMARTS) is 1. The topological polar surface area (TPSA) is 75.6 Å². The summed E-state index contributed by atoms with van der Waals surface area (Å²) < 4.78 is 18.1. The van der Waals surface area contributed by atoms with Gasteiger partial charge in [-0.1, -0.05) is 13.8 Å². The molecule has 0 radical (unpaired) electrons. The molecule has 0 unspecified atom stereocenters. The number of ether oxygens (including phenoxy) is 1. The maximum Gasteiger partial charge on any atom is 0.339 e. The minimum absolute atomic E-state index is 0.160.